The molecule has 1 saturated heterocycles. The molecule has 2 heterocycles. The Morgan fingerprint density at radius 2 is 2.28 bits per heavy atom. The van der Waals surface area contributed by atoms with Crippen LogP contribution >= 0.6 is 0 Å². The summed E-state index contributed by atoms with van der Waals surface area (Å²) >= 11 is 0. The number of hydrogen-bond acceptors (Lipinski definition) is 3. The molecule has 1 aliphatic heterocycles. The average Bonchev–Trinajstić information content (AvgIpc) is 2.84. The minimum absolute atomic E-state index is 0.132. The molecule has 2 aromatic rings. The van der Waals surface area contributed by atoms with Crippen molar-refractivity contribution in [3.8, 4) is 0 Å². The molecule has 1 aliphatic rings. The number of nitrogens with one attached hydrogen (secondary N) is 1. The van der Waals surface area contributed by atoms with Gasteiger partial charge in [0.15, 0.2) is 0 Å². The highest BCUT2D eigenvalue weighted by molar-refractivity contribution is 5.81. The van der Waals surface area contributed by atoms with Crippen LogP contribution in [0.3, 0.4) is 0 Å². The summed E-state index contributed by atoms with van der Waals surface area (Å²) < 4.78 is 5.45. The van der Waals surface area contributed by atoms with Crippen molar-refractivity contribution >= 4 is 10.8 Å². The first kappa shape index (κ1) is 11.6. The molecule has 94 valence electrons. The number of ether oxygens (including phenoxy) is 1. The van der Waals surface area contributed by atoms with E-state index in [1.165, 1.54) is 16.3 Å². The summed E-state index contributed by atoms with van der Waals surface area (Å²) in [5.41, 5.74) is 1.44. The SMILES string of the molecule is CC1(NCc2ccc3cnccc3c2)CCOC1. The van der Waals surface area contributed by atoms with E-state index in [9.17, 15) is 0 Å². The molecule has 1 unspecified atom stereocenters. The van der Waals surface area contributed by atoms with Gasteiger partial charge in [-0.2, -0.15) is 0 Å². The number of hydrogen-bond donors (Lipinski definition) is 1. The number of benzene rings is 1. The Labute approximate surface area is 107 Å². The fourth-order valence-electron chi connectivity index (χ4n) is 2.36. The van der Waals surface area contributed by atoms with Gasteiger partial charge in [-0.15, -0.1) is 0 Å². The van der Waals surface area contributed by atoms with Crippen LogP contribution < -0.4 is 5.32 Å². The Morgan fingerprint density at radius 3 is 3.11 bits per heavy atom. The van der Waals surface area contributed by atoms with Crippen LogP contribution in [0.25, 0.3) is 10.8 Å². The highest BCUT2D eigenvalue weighted by atomic mass is 16.5. The Hall–Kier alpha value is -1.45. The molecule has 0 bridgehead atoms. The van der Waals surface area contributed by atoms with E-state index in [-0.39, 0.29) is 5.54 Å². The maximum absolute atomic E-state index is 5.45. The van der Waals surface area contributed by atoms with Gasteiger partial charge in [0.25, 0.3) is 0 Å². The highest BCUT2D eigenvalue weighted by Gasteiger charge is 2.28. The van der Waals surface area contributed by atoms with Crippen LogP contribution in [-0.2, 0) is 11.3 Å². The zero-order chi connectivity index (χ0) is 12.4. The molecular weight excluding hydrogens is 224 g/mol. The second-order valence-corrected chi connectivity index (χ2v) is 5.27. The van der Waals surface area contributed by atoms with Crippen molar-refractivity contribution in [3.05, 3.63) is 42.2 Å². The predicted molar refractivity (Wildman–Crippen MR) is 72.4 cm³/mol. The van der Waals surface area contributed by atoms with Crippen LogP contribution in [0.2, 0.25) is 0 Å². The summed E-state index contributed by atoms with van der Waals surface area (Å²) in [4.78, 5) is 4.13. The Bertz CT molecular complexity index is 547. The summed E-state index contributed by atoms with van der Waals surface area (Å²) in [5, 5.41) is 6.04. The highest BCUT2D eigenvalue weighted by Crippen LogP contribution is 2.19. The summed E-state index contributed by atoms with van der Waals surface area (Å²) in [5.74, 6) is 0. The third kappa shape index (κ3) is 2.37. The van der Waals surface area contributed by atoms with Crippen LogP contribution in [0.4, 0.5) is 0 Å². The maximum atomic E-state index is 5.45. The van der Waals surface area contributed by atoms with Crippen molar-refractivity contribution in [3.63, 3.8) is 0 Å². The lowest BCUT2D eigenvalue weighted by molar-refractivity contribution is 0.171. The number of rotatable bonds is 3. The van der Waals surface area contributed by atoms with Crippen LogP contribution in [-0.4, -0.2) is 23.7 Å². The van der Waals surface area contributed by atoms with E-state index >= 15 is 0 Å². The van der Waals surface area contributed by atoms with Crippen molar-refractivity contribution in [2.45, 2.75) is 25.4 Å². The van der Waals surface area contributed by atoms with E-state index < -0.39 is 0 Å². The van der Waals surface area contributed by atoms with Gasteiger partial charge in [0.2, 0.25) is 0 Å². The summed E-state index contributed by atoms with van der Waals surface area (Å²) in [6.07, 6.45) is 4.83. The van der Waals surface area contributed by atoms with Gasteiger partial charge in [0.05, 0.1) is 6.61 Å². The molecule has 3 nitrogen and oxygen atoms in total. The minimum atomic E-state index is 0.132. The lowest BCUT2D eigenvalue weighted by atomic mass is 10.0. The second kappa shape index (κ2) is 4.67. The molecule has 1 fully saturated rings. The third-order valence-electron chi connectivity index (χ3n) is 3.64. The number of nitrogens with zero attached hydrogens (tertiary/aromatic N) is 1. The standard InChI is InChI=1S/C15H18N2O/c1-15(5-7-18-11-15)17-9-12-2-3-14-10-16-6-4-13(14)8-12/h2-4,6,8,10,17H,5,7,9,11H2,1H3. The summed E-state index contributed by atoms with van der Waals surface area (Å²) in [6, 6.07) is 8.57. The van der Waals surface area contributed by atoms with E-state index in [1.54, 1.807) is 0 Å². The molecule has 1 N–H and O–H groups in total. The fourth-order valence-corrected chi connectivity index (χ4v) is 2.36. The largest absolute Gasteiger partial charge is 0.379 e. The van der Waals surface area contributed by atoms with Gasteiger partial charge in [-0.05, 0) is 36.4 Å². The lowest BCUT2D eigenvalue weighted by Gasteiger charge is -2.23. The van der Waals surface area contributed by atoms with E-state index in [0.29, 0.717) is 0 Å². The maximum Gasteiger partial charge on any atom is 0.0646 e. The molecule has 1 aromatic carbocycles. The second-order valence-electron chi connectivity index (χ2n) is 5.27. The van der Waals surface area contributed by atoms with Gasteiger partial charge in [-0.3, -0.25) is 4.98 Å². The molecule has 3 rings (SSSR count). The monoisotopic (exact) mass is 242 g/mol. The van der Waals surface area contributed by atoms with Gasteiger partial charge >= 0.3 is 0 Å². The molecular formula is C15H18N2O. The fraction of sp³-hybridized carbons (Fsp3) is 0.400. The van der Waals surface area contributed by atoms with Crippen molar-refractivity contribution in [2.75, 3.05) is 13.2 Å². The van der Waals surface area contributed by atoms with Crippen LogP contribution in [0, 0.1) is 0 Å². The van der Waals surface area contributed by atoms with E-state index in [0.717, 1.165) is 26.2 Å². The first-order chi connectivity index (χ1) is 8.75. The van der Waals surface area contributed by atoms with Gasteiger partial charge in [0, 0.05) is 36.5 Å². The number of fused-ring (bicyclic) bond motifs is 1. The number of pyridine rings is 1. The Kier molecular flexibility index (Phi) is 3.02. The van der Waals surface area contributed by atoms with Crippen molar-refractivity contribution in [1.82, 2.24) is 10.3 Å². The molecule has 0 saturated carbocycles. The molecule has 1 aromatic heterocycles. The van der Waals surface area contributed by atoms with Gasteiger partial charge in [-0.1, -0.05) is 12.1 Å². The van der Waals surface area contributed by atoms with Gasteiger partial charge in [0.1, 0.15) is 0 Å². The smallest absolute Gasteiger partial charge is 0.0646 e. The zero-order valence-electron chi connectivity index (χ0n) is 10.6. The zero-order valence-corrected chi connectivity index (χ0v) is 10.6. The van der Waals surface area contributed by atoms with Gasteiger partial charge < -0.3 is 10.1 Å². The van der Waals surface area contributed by atoms with E-state index in [2.05, 4.69) is 41.5 Å². The van der Waals surface area contributed by atoms with E-state index in [1.807, 2.05) is 12.4 Å². The summed E-state index contributed by atoms with van der Waals surface area (Å²) in [7, 11) is 0. The molecule has 0 aliphatic carbocycles. The lowest BCUT2D eigenvalue weighted by Crippen LogP contribution is -2.42. The Morgan fingerprint density at radius 1 is 1.33 bits per heavy atom. The third-order valence-corrected chi connectivity index (χ3v) is 3.64. The quantitative estimate of drug-likeness (QED) is 0.898. The summed E-state index contributed by atoms with van der Waals surface area (Å²) in [6.45, 7) is 4.79. The Balaban J connectivity index is 1.74. The molecule has 3 heteroatoms. The molecule has 0 spiro atoms. The molecule has 0 radical (unpaired) electrons. The minimum Gasteiger partial charge on any atom is -0.379 e. The molecule has 1 atom stereocenters. The van der Waals surface area contributed by atoms with Crippen LogP contribution in [0.5, 0.6) is 0 Å². The first-order valence-electron chi connectivity index (χ1n) is 6.41. The van der Waals surface area contributed by atoms with Crippen LogP contribution in [0.15, 0.2) is 36.7 Å². The number of aromatic nitrogens is 1. The first-order valence-corrected chi connectivity index (χ1v) is 6.41. The normalized spacial score (nSPS) is 23.6. The van der Waals surface area contributed by atoms with Crippen molar-refractivity contribution in [2.24, 2.45) is 0 Å². The molecule has 0 amide bonds. The van der Waals surface area contributed by atoms with Gasteiger partial charge in [-0.25, -0.2) is 0 Å². The van der Waals surface area contributed by atoms with E-state index in [4.69, 9.17) is 4.74 Å². The van der Waals surface area contributed by atoms with Crippen molar-refractivity contribution < 1.29 is 4.74 Å². The predicted octanol–water partition coefficient (Wildman–Crippen LogP) is 2.50. The molecule has 18 heavy (non-hydrogen) atoms. The van der Waals surface area contributed by atoms with Crippen molar-refractivity contribution in [1.29, 1.82) is 0 Å². The van der Waals surface area contributed by atoms with Crippen LogP contribution in [0.1, 0.15) is 18.9 Å². The topological polar surface area (TPSA) is 34.2 Å². The average molecular weight is 242 g/mol.